The Kier molecular flexibility index (Phi) is 6.68. The zero-order chi connectivity index (χ0) is 12.6. The summed E-state index contributed by atoms with van der Waals surface area (Å²) >= 11 is 1.93. The Labute approximate surface area is 110 Å². The molecule has 0 bridgehead atoms. The third-order valence-electron chi connectivity index (χ3n) is 3.07. The van der Waals surface area contributed by atoms with E-state index in [9.17, 15) is 0 Å². The highest BCUT2D eigenvalue weighted by atomic mass is 32.2. The van der Waals surface area contributed by atoms with E-state index in [0.29, 0.717) is 0 Å². The molecular formula is C15H25NS. The second kappa shape index (κ2) is 7.78. The van der Waals surface area contributed by atoms with Crippen LogP contribution in [0.25, 0.3) is 0 Å². The molecule has 0 radical (unpaired) electrons. The van der Waals surface area contributed by atoms with Gasteiger partial charge < -0.3 is 5.32 Å². The number of hydrogen-bond donors (Lipinski definition) is 1. The first-order valence-corrected chi connectivity index (χ1v) is 7.81. The number of hydrogen-bond acceptors (Lipinski definition) is 2. The maximum atomic E-state index is 3.57. The van der Waals surface area contributed by atoms with E-state index < -0.39 is 0 Å². The molecule has 0 unspecified atom stereocenters. The van der Waals surface area contributed by atoms with Gasteiger partial charge in [-0.1, -0.05) is 44.2 Å². The van der Waals surface area contributed by atoms with Crippen molar-refractivity contribution in [1.29, 1.82) is 0 Å². The molecule has 96 valence electrons. The highest BCUT2D eigenvalue weighted by Gasteiger charge is 2.19. The topological polar surface area (TPSA) is 12.0 Å². The molecular weight excluding hydrogens is 226 g/mol. The SMILES string of the molecule is CSCCCCNCC(C)(C)c1ccccc1. The molecule has 0 fully saturated rings. The van der Waals surface area contributed by atoms with Crippen molar-refractivity contribution in [1.82, 2.24) is 5.32 Å². The van der Waals surface area contributed by atoms with Crippen LogP contribution in [0.3, 0.4) is 0 Å². The lowest BCUT2D eigenvalue weighted by atomic mass is 9.84. The van der Waals surface area contributed by atoms with Gasteiger partial charge in [0.05, 0.1) is 0 Å². The third-order valence-corrected chi connectivity index (χ3v) is 3.77. The largest absolute Gasteiger partial charge is 0.316 e. The van der Waals surface area contributed by atoms with Crippen LogP contribution in [0.4, 0.5) is 0 Å². The standard InChI is InChI=1S/C15H25NS/c1-15(2,14-9-5-4-6-10-14)13-16-11-7-8-12-17-3/h4-6,9-10,16H,7-8,11-13H2,1-3H3. The lowest BCUT2D eigenvalue weighted by molar-refractivity contribution is 0.465. The quantitative estimate of drug-likeness (QED) is 0.707. The second-order valence-electron chi connectivity index (χ2n) is 5.13. The molecule has 0 aliphatic carbocycles. The van der Waals surface area contributed by atoms with E-state index in [1.165, 1.54) is 24.2 Å². The summed E-state index contributed by atoms with van der Waals surface area (Å²) in [4.78, 5) is 0. The first kappa shape index (κ1) is 14.6. The fourth-order valence-electron chi connectivity index (χ4n) is 1.89. The maximum absolute atomic E-state index is 3.57. The van der Waals surface area contributed by atoms with Gasteiger partial charge in [-0.3, -0.25) is 0 Å². The number of nitrogens with one attached hydrogen (secondary N) is 1. The van der Waals surface area contributed by atoms with Crippen molar-refractivity contribution in [2.24, 2.45) is 0 Å². The van der Waals surface area contributed by atoms with Gasteiger partial charge in [0.2, 0.25) is 0 Å². The molecule has 0 aromatic heterocycles. The van der Waals surface area contributed by atoms with Crippen LogP contribution in [0.1, 0.15) is 32.3 Å². The average molecular weight is 251 g/mol. The summed E-state index contributed by atoms with van der Waals surface area (Å²) in [6, 6.07) is 10.8. The van der Waals surface area contributed by atoms with E-state index in [2.05, 4.69) is 55.8 Å². The summed E-state index contributed by atoms with van der Waals surface area (Å²) in [6.07, 6.45) is 4.78. The molecule has 1 aromatic rings. The van der Waals surface area contributed by atoms with Crippen LogP contribution in [0, 0.1) is 0 Å². The normalized spacial score (nSPS) is 11.7. The summed E-state index contributed by atoms with van der Waals surface area (Å²) in [5.41, 5.74) is 1.64. The van der Waals surface area contributed by atoms with Crippen LogP contribution >= 0.6 is 11.8 Å². The van der Waals surface area contributed by atoms with Gasteiger partial charge in [-0.25, -0.2) is 0 Å². The molecule has 2 heteroatoms. The Morgan fingerprint density at radius 1 is 1.12 bits per heavy atom. The third kappa shape index (κ3) is 5.60. The van der Waals surface area contributed by atoms with Gasteiger partial charge in [-0.2, -0.15) is 11.8 Å². The second-order valence-corrected chi connectivity index (χ2v) is 6.11. The Hall–Kier alpha value is -0.470. The van der Waals surface area contributed by atoms with Gasteiger partial charge in [-0.15, -0.1) is 0 Å². The molecule has 1 rings (SSSR count). The summed E-state index contributed by atoms with van der Waals surface area (Å²) in [6.45, 7) is 6.79. The van der Waals surface area contributed by atoms with Crippen LogP contribution in [-0.2, 0) is 5.41 Å². The number of unbranched alkanes of at least 4 members (excludes halogenated alkanes) is 1. The van der Waals surface area contributed by atoms with E-state index in [1.807, 2.05) is 11.8 Å². The zero-order valence-corrected chi connectivity index (χ0v) is 12.1. The molecule has 1 aromatic carbocycles. The molecule has 1 nitrogen and oxygen atoms in total. The fourth-order valence-corrected chi connectivity index (χ4v) is 2.38. The molecule has 0 spiro atoms. The predicted molar refractivity (Wildman–Crippen MR) is 80.0 cm³/mol. The van der Waals surface area contributed by atoms with Crippen molar-refractivity contribution in [2.45, 2.75) is 32.1 Å². The van der Waals surface area contributed by atoms with Crippen LogP contribution in [0.5, 0.6) is 0 Å². The molecule has 0 atom stereocenters. The molecule has 0 saturated carbocycles. The Bertz CT molecular complexity index is 295. The van der Waals surface area contributed by atoms with E-state index >= 15 is 0 Å². The number of rotatable bonds is 8. The van der Waals surface area contributed by atoms with Crippen LogP contribution in [0.2, 0.25) is 0 Å². The van der Waals surface area contributed by atoms with Crippen molar-refractivity contribution in [3.8, 4) is 0 Å². The lowest BCUT2D eigenvalue weighted by Gasteiger charge is -2.25. The zero-order valence-electron chi connectivity index (χ0n) is 11.3. The van der Waals surface area contributed by atoms with Crippen LogP contribution < -0.4 is 5.32 Å². The minimum Gasteiger partial charge on any atom is -0.316 e. The highest BCUT2D eigenvalue weighted by Crippen LogP contribution is 2.21. The fraction of sp³-hybridized carbons (Fsp3) is 0.600. The predicted octanol–water partition coefficient (Wildman–Crippen LogP) is 3.70. The summed E-state index contributed by atoms with van der Waals surface area (Å²) in [5, 5.41) is 3.57. The molecule has 17 heavy (non-hydrogen) atoms. The molecule has 0 aliphatic heterocycles. The van der Waals surface area contributed by atoms with E-state index in [4.69, 9.17) is 0 Å². The Morgan fingerprint density at radius 2 is 1.82 bits per heavy atom. The molecule has 0 saturated heterocycles. The van der Waals surface area contributed by atoms with Gasteiger partial charge in [0.15, 0.2) is 0 Å². The smallest absolute Gasteiger partial charge is 0.00431 e. The molecule has 0 amide bonds. The number of benzene rings is 1. The first-order valence-electron chi connectivity index (χ1n) is 6.42. The molecule has 0 aliphatic rings. The van der Waals surface area contributed by atoms with Crippen LogP contribution in [0.15, 0.2) is 30.3 Å². The Morgan fingerprint density at radius 3 is 2.47 bits per heavy atom. The maximum Gasteiger partial charge on any atom is 0.00431 e. The summed E-state index contributed by atoms with van der Waals surface area (Å²) in [5.74, 6) is 1.28. The van der Waals surface area contributed by atoms with Gasteiger partial charge in [0, 0.05) is 12.0 Å². The van der Waals surface area contributed by atoms with E-state index in [0.717, 1.165) is 13.1 Å². The minimum atomic E-state index is 0.223. The van der Waals surface area contributed by atoms with Gasteiger partial charge in [0.25, 0.3) is 0 Å². The molecule has 0 heterocycles. The average Bonchev–Trinajstić information content (AvgIpc) is 2.35. The Balaban J connectivity index is 2.26. The van der Waals surface area contributed by atoms with Crippen molar-refractivity contribution < 1.29 is 0 Å². The summed E-state index contributed by atoms with van der Waals surface area (Å²) in [7, 11) is 0. The summed E-state index contributed by atoms with van der Waals surface area (Å²) < 4.78 is 0. The minimum absolute atomic E-state index is 0.223. The van der Waals surface area contributed by atoms with Crippen molar-refractivity contribution in [3.05, 3.63) is 35.9 Å². The van der Waals surface area contributed by atoms with E-state index in [1.54, 1.807) is 0 Å². The monoisotopic (exact) mass is 251 g/mol. The van der Waals surface area contributed by atoms with Crippen molar-refractivity contribution >= 4 is 11.8 Å². The van der Waals surface area contributed by atoms with Gasteiger partial charge in [0.1, 0.15) is 0 Å². The van der Waals surface area contributed by atoms with Crippen molar-refractivity contribution in [3.63, 3.8) is 0 Å². The van der Waals surface area contributed by atoms with E-state index in [-0.39, 0.29) is 5.41 Å². The van der Waals surface area contributed by atoms with Crippen LogP contribution in [-0.4, -0.2) is 25.1 Å². The molecule has 1 N–H and O–H groups in total. The van der Waals surface area contributed by atoms with Crippen molar-refractivity contribution in [2.75, 3.05) is 25.1 Å². The highest BCUT2D eigenvalue weighted by molar-refractivity contribution is 7.98. The van der Waals surface area contributed by atoms with Gasteiger partial charge >= 0.3 is 0 Å². The van der Waals surface area contributed by atoms with Gasteiger partial charge in [-0.05, 0) is 37.0 Å². The lowest BCUT2D eigenvalue weighted by Crippen LogP contribution is -2.33. The number of thioether (sulfide) groups is 1. The first-order chi connectivity index (χ1) is 8.17.